The highest BCUT2D eigenvalue weighted by molar-refractivity contribution is 14.1. The van der Waals surface area contributed by atoms with Gasteiger partial charge in [0.2, 0.25) is 3.79 Å². The fraction of sp³-hybridized carbons (Fsp3) is 0.273. The Morgan fingerprint density at radius 3 is 2.33 bits per heavy atom. The van der Waals surface area contributed by atoms with Gasteiger partial charge in [-0.25, -0.2) is 4.79 Å². The summed E-state index contributed by atoms with van der Waals surface area (Å²) in [7, 11) is 1.20. The molecule has 1 aromatic carbocycles. The summed E-state index contributed by atoms with van der Waals surface area (Å²) in [5.41, 5.74) is 0.758. The molecule has 0 aliphatic heterocycles. The van der Waals surface area contributed by atoms with Gasteiger partial charge >= 0.3 is 6.09 Å². The Morgan fingerprint density at radius 2 is 1.86 bits per heavy atom. The molecule has 1 atom stereocenters. The molecular weight excluding hydrogens is 471 g/mol. The van der Waals surface area contributed by atoms with E-state index in [2.05, 4.69) is 43.3 Å². The van der Waals surface area contributed by atoms with Gasteiger partial charge in [-0.05, 0) is 59.1 Å². The predicted octanol–water partition coefficient (Wildman–Crippen LogP) is 3.63. The largest absolute Gasteiger partial charge is 0.453 e. The zero-order valence-corrected chi connectivity index (χ0v) is 15.9. The van der Waals surface area contributed by atoms with Gasteiger partial charge in [0.1, 0.15) is 0 Å². The number of rotatable bonds is 3. The minimum atomic E-state index is -1.81. The molecule has 0 radical (unpaired) electrons. The molecule has 21 heavy (non-hydrogen) atoms. The number of carbonyl (C=O) groups excluding carboxylic acids is 1. The molecule has 1 amide bonds. The lowest BCUT2D eigenvalue weighted by molar-refractivity contribution is 0.166. The lowest BCUT2D eigenvalue weighted by atomic mass is 10.3. The van der Waals surface area contributed by atoms with E-state index in [0.29, 0.717) is 0 Å². The van der Waals surface area contributed by atoms with Crippen molar-refractivity contribution in [1.29, 1.82) is 0 Å². The van der Waals surface area contributed by atoms with Gasteiger partial charge < -0.3 is 15.4 Å². The Morgan fingerprint density at radius 1 is 1.29 bits per heavy atom. The summed E-state index contributed by atoms with van der Waals surface area (Å²) in [6.07, 6.45) is -1.81. The molecule has 0 saturated heterocycles. The maximum Gasteiger partial charge on any atom is 0.408 e. The van der Waals surface area contributed by atoms with E-state index < -0.39 is 16.1 Å². The van der Waals surface area contributed by atoms with Crippen LogP contribution < -0.4 is 16.0 Å². The summed E-state index contributed by atoms with van der Waals surface area (Å²) in [4.78, 5) is 11.2. The van der Waals surface area contributed by atoms with Crippen molar-refractivity contribution < 1.29 is 9.53 Å². The molecule has 0 saturated carbocycles. The molecule has 0 fully saturated rings. The van der Waals surface area contributed by atoms with Crippen molar-refractivity contribution in [3.05, 3.63) is 27.8 Å². The van der Waals surface area contributed by atoms with Gasteiger partial charge in [-0.1, -0.05) is 34.8 Å². The van der Waals surface area contributed by atoms with Gasteiger partial charge in [-0.3, -0.25) is 5.32 Å². The van der Waals surface area contributed by atoms with E-state index in [1.165, 1.54) is 7.11 Å². The first-order valence-corrected chi connectivity index (χ1v) is 8.08. The Kier molecular flexibility index (Phi) is 7.55. The highest BCUT2D eigenvalue weighted by Gasteiger charge is 2.34. The van der Waals surface area contributed by atoms with Crippen molar-refractivity contribution in [2.24, 2.45) is 0 Å². The van der Waals surface area contributed by atoms with Crippen molar-refractivity contribution >= 4 is 86.5 Å². The number of hydrogen-bond acceptors (Lipinski definition) is 3. The summed E-state index contributed by atoms with van der Waals surface area (Å²) in [5, 5.41) is 8.13. The van der Waals surface area contributed by atoms with E-state index in [4.69, 9.17) is 47.0 Å². The first-order chi connectivity index (χ1) is 9.72. The number of anilines is 1. The number of ether oxygens (including phenoxy) is 1. The van der Waals surface area contributed by atoms with Gasteiger partial charge in [-0.15, -0.1) is 0 Å². The lowest BCUT2D eigenvalue weighted by Gasteiger charge is -2.27. The van der Waals surface area contributed by atoms with Gasteiger partial charge in [-0.2, -0.15) is 0 Å². The van der Waals surface area contributed by atoms with Crippen LogP contribution in [0.2, 0.25) is 0 Å². The molecule has 0 bridgehead atoms. The number of carbonyl (C=O) groups is 1. The fourth-order valence-electron chi connectivity index (χ4n) is 1.21. The van der Waals surface area contributed by atoms with E-state index in [1.54, 1.807) is 0 Å². The molecule has 10 heteroatoms. The van der Waals surface area contributed by atoms with E-state index in [-0.39, 0.29) is 5.11 Å². The zero-order chi connectivity index (χ0) is 16.0. The topological polar surface area (TPSA) is 62.4 Å². The monoisotopic (exact) mass is 481 g/mol. The number of amides is 1. The first kappa shape index (κ1) is 18.8. The van der Waals surface area contributed by atoms with Crippen LogP contribution in [-0.4, -0.2) is 28.3 Å². The van der Waals surface area contributed by atoms with Crippen LogP contribution in [-0.2, 0) is 4.74 Å². The van der Waals surface area contributed by atoms with Crippen LogP contribution in [0.4, 0.5) is 10.5 Å². The van der Waals surface area contributed by atoms with E-state index in [0.717, 1.165) is 9.26 Å². The quantitative estimate of drug-likeness (QED) is 0.266. The number of benzene rings is 1. The van der Waals surface area contributed by atoms with Gasteiger partial charge in [0.15, 0.2) is 11.3 Å². The minimum Gasteiger partial charge on any atom is -0.453 e. The van der Waals surface area contributed by atoms with Crippen molar-refractivity contribution in [1.82, 2.24) is 10.6 Å². The minimum absolute atomic E-state index is 0.184. The second-order valence-corrected chi connectivity index (χ2v) is 7.74. The maximum atomic E-state index is 11.2. The number of nitrogens with one attached hydrogen (secondary N) is 3. The molecule has 1 rings (SSSR count). The summed E-state index contributed by atoms with van der Waals surface area (Å²) in [6, 6.07) is 7.50. The Hall–Kier alpha value is -0.220. The lowest BCUT2D eigenvalue weighted by Crippen LogP contribution is -2.56. The molecule has 1 aromatic rings. The van der Waals surface area contributed by atoms with Gasteiger partial charge in [0.05, 0.1) is 7.11 Å². The Bertz CT molecular complexity index is 510. The standard InChI is InChI=1S/C11H11Cl3IN3O2S/c1-20-10(19)18-8(11(12,13)14)17-9(21)16-7-4-2-6(15)3-5-7/h2-5,8H,1H3,(H,18,19)(H2,16,17,21). The molecule has 0 heterocycles. The van der Waals surface area contributed by atoms with Crippen molar-refractivity contribution in [3.63, 3.8) is 0 Å². The fourth-order valence-corrected chi connectivity index (χ4v) is 2.13. The van der Waals surface area contributed by atoms with Gasteiger partial charge in [0.25, 0.3) is 0 Å². The number of thiocarbonyl (C=S) groups is 1. The third kappa shape index (κ3) is 7.05. The second kappa shape index (κ2) is 8.42. The highest BCUT2D eigenvalue weighted by Crippen LogP contribution is 2.29. The van der Waals surface area contributed by atoms with Crippen molar-refractivity contribution in [2.45, 2.75) is 9.96 Å². The third-order valence-electron chi connectivity index (χ3n) is 2.15. The normalized spacial score (nSPS) is 12.2. The summed E-state index contributed by atoms with van der Waals surface area (Å²) < 4.78 is 3.73. The summed E-state index contributed by atoms with van der Waals surface area (Å²) in [5.74, 6) is 0. The first-order valence-electron chi connectivity index (χ1n) is 5.46. The van der Waals surface area contributed by atoms with Gasteiger partial charge in [0, 0.05) is 9.26 Å². The highest BCUT2D eigenvalue weighted by atomic mass is 127. The molecule has 3 N–H and O–H groups in total. The van der Waals surface area contributed by atoms with Crippen LogP contribution in [0, 0.1) is 3.57 Å². The number of methoxy groups -OCH3 is 1. The average Bonchev–Trinajstić information content (AvgIpc) is 2.39. The molecule has 5 nitrogen and oxygen atoms in total. The molecule has 1 unspecified atom stereocenters. The van der Waals surface area contributed by atoms with Crippen molar-refractivity contribution in [2.75, 3.05) is 12.4 Å². The Labute approximate surface area is 156 Å². The summed E-state index contributed by atoms with van der Waals surface area (Å²) in [6.45, 7) is 0. The maximum absolute atomic E-state index is 11.2. The van der Waals surface area contributed by atoms with Crippen LogP contribution in [0.1, 0.15) is 0 Å². The number of hydrogen-bond donors (Lipinski definition) is 3. The molecule has 0 aliphatic carbocycles. The zero-order valence-electron chi connectivity index (χ0n) is 10.6. The third-order valence-corrected chi connectivity index (χ3v) is 3.75. The van der Waals surface area contributed by atoms with Crippen LogP contribution in [0.25, 0.3) is 0 Å². The van der Waals surface area contributed by atoms with E-state index >= 15 is 0 Å². The van der Waals surface area contributed by atoms with E-state index in [1.807, 2.05) is 24.3 Å². The smallest absolute Gasteiger partial charge is 0.408 e. The molecule has 0 aromatic heterocycles. The predicted molar refractivity (Wildman–Crippen MR) is 98.1 cm³/mol. The number of halogens is 4. The van der Waals surface area contributed by atoms with E-state index in [9.17, 15) is 4.79 Å². The average molecular weight is 483 g/mol. The van der Waals surface area contributed by atoms with Crippen LogP contribution >= 0.6 is 69.6 Å². The van der Waals surface area contributed by atoms with Crippen LogP contribution in [0.3, 0.4) is 0 Å². The molecule has 0 spiro atoms. The summed E-state index contributed by atoms with van der Waals surface area (Å²) >= 11 is 24.6. The van der Waals surface area contributed by atoms with Crippen LogP contribution in [0.5, 0.6) is 0 Å². The second-order valence-electron chi connectivity index (χ2n) is 3.72. The molecular formula is C11H11Cl3IN3O2S. The number of alkyl carbamates (subject to hydrolysis) is 1. The number of alkyl halides is 3. The molecule has 116 valence electrons. The van der Waals surface area contributed by atoms with Crippen LogP contribution in [0.15, 0.2) is 24.3 Å². The Balaban J connectivity index is 2.67. The van der Waals surface area contributed by atoms with Crippen molar-refractivity contribution in [3.8, 4) is 0 Å². The SMILES string of the molecule is COC(=O)NC(NC(=S)Nc1ccc(I)cc1)C(Cl)(Cl)Cl. The molecule has 0 aliphatic rings.